The zero-order chi connectivity index (χ0) is 16.9. The van der Waals surface area contributed by atoms with Crippen molar-refractivity contribution in [2.75, 3.05) is 25.9 Å². The zero-order valence-electron chi connectivity index (χ0n) is 13.6. The van der Waals surface area contributed by atoms with Crippen molar-refractivity contribution in [3.8, 4) is 0 Å². The topological polar surface area (TPSA) is 105 Å². The predicted molar refractivity (Wildman–Crippen MR) is 84.1 cm³/mol. The highest BCUT2D eigenvalue weighted by Gasteiger charge is 2.24. The van der Waals surface area contributed by atoms with Crippen LogP contribution in [0.3, 0.4) is 0 Å². The fraction of sp³-hybridized carbons (Fsp3) is 0.786. The number of nitrogens with one attached hydrogen (secondary N) is 1. The molecule has 23 heavy (non-hydrogen) atoms. The van der Waals surface area contributed by atoms with Gasteiger partial charge in [-0.15, -0.1) is 0 Å². The minimum atomic E-state index is -3.18. The van der Waals surface area contributed by atoms with Crippen molar-refractivity contribution in [3.05, 3.63) is 11.7 Å². The Kier molecular flexibility index (Phi) is 6.11. The molecule has 130 valence electrons. The molecule has 9 heteroatoms. The number of amides is 1. The zero-order valence-corrected chi connectivity index (χ0v) is 14.4. The number of hydrogen-bond acceptors (Lipinski definition) is 6. The van der Waals surface area contributed by atoms with Crippen LogP contribution in [-0.2, 0) is 21.2 Å². The average molecular weight is 344 g/mol. The highest BCUT2D eigenvalue weighted by Crippen LogP contribution is 2.17. The lowest BCUT2D eigenvalue weighted by Crippen LogP contribution is -2.43. The minimum absolute atomic E-state index is 0.102. The molecule has 1 fully saturated rings. The Morgan fingerprint density at radius 1 is 1.48 bits per heavy atom. The van der Waals surface area contributed by atoms with Crippen LogP contribution in [0.15, 0.2) is 4.52 Å². The molecule has 1 aliphatic heterocycles. The van der Waals surface area contributed by atoms with E-state index in [-0.39, 0.29) is 11.8 Å². The molecule has 1 N–H and O–H groups in total. The van der Waals surface area contributed by atoms with E-state index in [1.54, 1.807) is 6.92 Å². The van der Waals surface area contributed by atoms with Crippen LogP contribution in [0, 0.1) is 12.8 Å². The number of sulfonamides is 1. The summed E-state index contributed by atoms with van der Waals surface area (Å²) in [5.41, 5.74) is 0. The second kappa shape index (κ2) is 7.87. The SMILES string of the molecule is Cc1noc(CCCC(=O)N2CCC[C@H](CNS(C)(=O)=O)C2)n1. The monoisotopic (exact) mass is 344 g/mol. The van der Waals surface area contributed by atoms with Gasteiger partial charge in [0, 0.05) is 32.5 Å². The Hall–Kier alpha value is -1.48. The maximum atomic E-state index is 12.3. The molecule has 2 heterocycles. The Morgan fingerprint density at radius 2 is 2.26 bits per heavy atom. The predicted octanol–water partition coefficient (Wildman–Crippen LogP) is 0.489. The first-order valence-electron chi connectivity index (χ1n) is 7.85. The Morgan fingerprint density at radius 3 is 2.91 bits per heavy atom. The van der Waals surface area contributed by atoms with E-state index in [1.165, 1.54) is 0 Å². The molecule has 1 saturated heterocycles. The van der Waals surface area contributed by atoms with Crippen molar-refractivity contribution >= 4 is 15.9 Å². The Labute approximate surface area is 136 Å². The Balaban J connectivity index is 1.73. The standard InChI is InChI=1S/C14H24N4O4S/c1-11-16-13(22-17-11)6-3-7-14(19)18-8-4-5-12(10-18)9-15-23(2,20)21/h12,15H,3-10H2,1-2H3/t12-/m1/s1. The summed E-state index contributed by atoms with van der Waals surface area (Å²) >= 11 is 0. The molecule has 2 rings (SSSR count). The van der Waals surface area contributed by atoms with Crippen molar-refractivity contribution < 1.29 is 17.7 Å². The molecule has 1 aromatic heterocycles. The van der Waals surface area contributed by atoms with Gasteiger partial charge in [0.1, 0.15) is 0 Å². The quantitative estimate of drug-likeness (QED) is 0.772. The van der Waals surface area contributed by atoms with E-state index >= 15 is 0 Å². The molecular weight excluding hydrogens is 320 g/mol. The van der Waals surface area contributed by atoms with Gasteiger partial charge in [-0.05, 0) is 32.1 Å². The molecule has 1 aliphatic rings. The van der Waals surface area contributed by atoms with Crippen LogP contribution in [0.2, 0.25) is 0 Å². The van der Waals surface area contributed by atoms with Gasteiger partial charge in [0.05, 0.1) is 6.26 Å². The maximum absolute atomic E-state index is 12.3. The van der Waals surface area contributed by atoms with Gasteiger partial charge in [0.2, 0.25) is 21.8 Å². The van der Waals surface area contributed by atoms with Crippen LogP contribution < -0.4 is 4.72 Å². The highest BCUT2D eigenvalue weighted by molar-refractivity contribution is 7.88. The molecular formula is C14H24N4O4S. The third-order valence-corrected chi connectivity index (χ3v) is 4.55. The van der Waals surface area contributed by atoms with Crippen LogP contribution in [0.25, 0.3) is 0 Å². The lowest BCUT2D eigenvalue weighted by Gasteiger charge is -2.32. The van der Waals surface area contributed by atoms with Gasteiger partial charge in [-0.2, -0.15) is 4.98 Å². The maximum Gasteiger partial charge on any atom is 0.226 e. The van der Waals surface area contributed by atoms with Crippen molar-refractivity contribution in [1.82, 2.24) is 19.8 Å². The van der Waals surface area contributed by atoms with Crippen molar-refractivity contribution in [3.63, 3.8) is 0 Å². The molecule has 0 bridgehead atoms. The number of carbonyl (C=O) groups excluding carboxylic acids is 1. The largest absolute Gasteiger partial charge is 0.342 e. The lowest BCUT2D eigenvalue weighted by atomic mass is 9.98. The first-order chi connectivity index (χ1) is 10.8. The highest BCUT2D eigenvalue weighted by atomic mass is 32.2. The van der Waals surface area contributed by atoms with E-state index in [9.17, 15) is 13.2 Å². The number of hydrogen-bond donors (Lipinski definition) is 1. The lowest BCUT2D eigenvalue weighted by molar-refractivity contribution is -0.133. The van der Waals surface area contributed by atoms with Crippen LogP contribution in [0.4, 0.5) is 0 Å². The fourth-order valence-corrected chi connectivity index (χ4v) is 3.26. The van der Waals surface area contributed by atoms with Gasteiger partial charge in [0.25, 0.3) is 0 Å². The van der Waals surface area contributed by atoms with E-state index in [0.717, 1.165) is 25.6 Å². The second-order valence-electron chi connectivity index (χ2n) is 6.06. The van der Waals surface area contributed by atoms with Crippen LogP contribution in [0.5, 0.6) is 0 Å². The fourth-order valence-electron chi connectivity index (χ4n) is 2.72. The summed E-state index contributed by atoms with van der Waals surface area (Å²) < 4.78 is 29.9. The summed E-state index contributed by atoms with van der Waals surface area (Å²) in [6, 6.07) is 0. The first-order valence-corrected chi connectivity index (χ1v) is 9.74. The second-order valence-corrected chi connectivity index (χ2v) is 7.89. The Bertz CT molecular complexity index is 628. The summed E-state index contributed by atoms with van der Waals surface area (Å²) in [7, 11) is -3.18. The van der Waals surface area contributed by atoms with Gasteiger partial charge < -0.3 is 9.42 Å². The van der Waals surface area contributed by atoms with Crippen molar-refractivity contribution in [2.45, 2.75) is 39.0 Å². The molecule has 0 radical (unpaired) electrons. The van der Waals surface area contributed by atoms with Crippen LogP contribution in [-0.4, -0.2) is 55.3 Å². The van der Waals surface area contributed by atoms with Gasteiger partial charge >= 0.3 is 0 Å². The number of aromatic nitrogens is 2. The number of nitrogens with zero attached hydrogens (tertiary/aromatic N) is 3. The van der Waals surface area contributed by atoms with E-state index in [2.05, 4.69) is 14.9 Å². The molecule has 1 atom stereocenters. The summed E-state index contributed by atoms with van der Waals surface area (Å²) in [6.45, 7) is 3.51. The molecule has 0 aliphatic carbocycles. The van der Waals surface area contributed by atoms with Gasteiger partial charge in [0.15, 0.2) is 5.82 Å². The summed E-state index contributed by atoms with van der Waals surface area (Å²) in [5.74, 6) is 1.44. The number of aryl methyl sites for hydroxylation is 2. The van der Waals surface area contributed by atoms with Gasteiger partial charge in [-0.1, -0.05) is 5.16 Å². The van der Waals surface area contributed by atoms with Gasteiger partial charge in [-0.25, -0.2) is 13.1 Å². The number of carbonyl (C=O) groups is 1. The van der Waals surface area contributed by atoms with Crippen molar-refractivity contribution in [1.29, 1.82) is 0 Å². The van der Waals surface area contributed by atoms with E-state index in [0.29, 0.717) is 44.1 Å². The van der Waals surface area contributed by atoms with Gasteiger partial charge in [-0.3, -0.25) is 4.79 Å². The average Bonchev–Trinajstić information content (AvgIpc) is 2.90. The molecule has 0 spiro atoms. The minimum Gasteiger partial charge on any atom is -0.342 e. The molecule has 0 unspecified atom stereocenters. The van der Waals surface area contributed by atoms with E-state index in [1.807, 2.05) is 4.90 Å². The van der Waals surface area contributed by atoms with Crippen LogP contribution >= 0.6 is 0 Å². The molecule has 1 aromatic rings. The third-order valence-electron chi connectivity index (χ3n) is 3.86. The first kappa shape index (κ1) is 17.9. The van der Waals surface area contributed by atoms with Crippen molar-refractivity contribution in [2.24, 2.45) is 5.92 Å². The smallest absolute Gasteiger partial charge is 0.226 e. The molecule has 0 aromatic carbocycles. The van der Waals surface area contributed by atoms with Crippen LogP contribution in [0.1, 0.15) is 37.4 Å². The summed E-state index contributed by atoms with van der Waals surface area (Å²) in [5, 5.41) is 3.72. The number of rotatable bonds is 7. The van der Waals surface area contributed by atoms with E-state index in [4.69, 9.17) is 4.52 Å². The normalized spacial score (nSPS) is 19.0. The molecule has 8 nitrogen and oxygen atoms in total. The molecule has 1 amide bonds. The summed E-state index contributed by atoms with van der Waals surface area (Å²) in [4.78, 5) is 18.2. The number of piperidine rings is 1. The molecule has 0 saturated carbocycles. The third kappa shape index (κ3) is 6.26. The number of likely N-dealkylation sites (tertiary alicyclic amines) is 1. The van der Waals surface area contributed by atoms with E-state index < -0.39 is 10.0 Å². The summed E-state index contributed by atoms with van der Waals surface area (Å²) in [6.07, 6.45) is 4.70.